The highest BCUT2D eigenvalue weighted by Crippen LogP contribution is 2.35. The molecule has 2 N–H and O–H groups in total. The van der Waals surface area contributed by atoms with Crippen LogP contribution in [0.1, 0.15) is 29.7 Å². The number of ether oxygens (including phenoxy) is 1. The van der Waals surface area contributed by atoms with Gasteiger partial charge in [-0.15, -0.1) is 0 Å². The highest BCUT2D eigenvalue weighted by Gasteiger charge is 2.42. The van der Waals surface area contributed by atoms with E-state index in [1.54, 1.807) is 11.5 Å². The first-order valence-electron chi connectivity index (χ1n) is 5.84. The van der Waals surface area contributed by atoms with Crippen molar-refractivity contribution in [1.82, 2.24) is 9.55 Å². The minimum absolute atomic E-state index is 0.00200. The molecule has 1 aliphatic rings. The standard InChI is InChI=1S/C11H17N3O4S/c1-7-13-8(10(15)18-3)9(12)14(7)11(2)4-5-19(16,17)6-11/h4-6,12H2,1-3H3. The van der Waals surface area contributed by atoms with Crippen molar-refractivity contribution < 1.29 is 17.9 Å². The van der Waals surface area contributed by atoms with E-state index in [1.807, 2.05) is 6.92 Å². The summed E-state index contributed by atoms with van der Waals surface area (Å²) in [6.07, 6.45) is 0.456. The maximum absolute atomic E-state index is 11.7. The Balaban J connectivity index is 2.53. The van der Waals surface area contributed by atoms with Crippen molar-refractivity contribution in [2.75, 3.05) is 24.3 Å². The molecule has 19 heavy (non-hydrogen) atoms. The van der Waals surface area contributed by atoms with Gasteiger partial charge in [-0.3, -0.25) is 0 Å². The number of rotatable bonds is 2. The van der Waals surface area contributed by atoms with Crippen LogP contribution in [0.4, 0.5) is 5.82 Å². The minimum atomic E-state index is -3.07. The molecule has 1 fully saturated rings. The van der Waals surface area contributed by atoms with Crippen molar-refractivity contribution in [2.45, 2.75) is 25.8 Å². The molecule has 0 bridgehead atoms. The largest absolute Gasteiger partial charge is 0.464 e. The first-order valence-corrected chi connectivity index (χ1v) is 7.66. The predicted molar refractivity (Wildman–Crippen MR) is 69.6 cm³/mol. The van der Waals surface area contributed by atoms with Crippen LogP contribution in [0, 0.1) is 6.92 Å². The van der Waals surface area contributed by atoms with Crippen molar-refractivity contribution in [3.05, 3.63) is 11.5 Å². The van der Waals surface area contributed by atoms with Gasteiger partial charge >= 0.3 is 5.97 Å². The molecule has 1 aromatic rings. The van der Waals surface area contributed by atoms with Gasteiger partial charge in [0.1, 0.15) is 11.6 Å². The van der Waals surface area contributed by atoms with E-state index in [-0.39, 0.29) is 23.0 Å². The number of nitrogens with zero attached hydrogens (tertiary/aromatic N) is 2. The molecule has 1 atom stereocenters. The number of esters is 1. The molecule has 0 saturated carbocycles. The lowest BCUT2D eigenvalue weighted by Gasteiger charge is -2.27. The van der Waals surface area contributed by atoms with E-state index >= 15 is 0 Å². The first-order chi connectivity index (χ1) is 8.70. The number of nitrogens with two attached hydrogens (primary N) is 1. The molecule has 1 unspecified atom stereocenters. The maximum atomic E-state index is 11.7. The minimum Gasteiger partial charge on any atom is -0.464 e. The Hall–Kier alpha value is -1.57. The van der Waals surface area contributed by atoms with Gasteiger partial charge in [-0.1, -0.05) is 0 Å². The number of carbonyl (C=O) groups is 1. The van der Waals surface area contributed by atoms with Gasteiger partial charge in [0.2, 0.25) is 0 Å². The van der Waals surface area contributed by atoms with Crippen molar-refractivity contribution >= 4 is 21.6 Å². The fraction of sp³-hybridized carbons (Fsp3) is 0.636. The van der Waals surface area contributed by atoms with Crippen molar-refractivity contribution in [3.63, 3.8) is 0 Å². The number of hydrogen-bond acceptors (Lipinski definition) is 6. The number of imidazole rings is 1. The van der Waals surface area contributed by atoms with Gasteiger partial charge in [0.05, 0.1) is 24.2 Å². The van der Waals surface area contributed by atoms with Gasteiger partial charge in [-0.2, -0.15) is 0 Å². The molecule has 0 aliphatic carbocycles. The Labute approximate surface area is 111 Å². The van der Waals surface area contributed by atoms with E-state index < -0.39 is 21.3 Å². The van der Waals surface area contributed by atoms with Crippen LogP contribution in [0.25, 0.3) is 0 Å². The van der Waals surface area contributed by atoms with Crippen LogP contribution >= 0.6 is 0 Å². The van der Waals surface area contributed by atoms with Gasteiger partial charge in [-0.05, 0) is 20.3 Å². The lowest BCUT2D eigenvalue weighted by molar-refractivity contribution is 0.0595. The average Bonchev–Trinajstić information content (AvgIpc) is 2.76. The zero-order chi connectivity index (χ0) is 14.4. The molecule has 8 heteroatoms. The summed E-state index contributed by atoms with van der Waals surface area (Å²) >= 11 is 0. The molecule has 1 saturated heterocycles. The zero-order valence-corrected chi connectivity index (χ0v) is 12.0. The quantitative estimate of drug-likeness (QED) is 0.773. The molecule has 7 nitrogen and oxygen atoms in total. The van der Waals surface area contributed by atoms with Crippen LogP contribution in [0.3, 0.4) is 0 Å². The predicted octanol–water partition coefficient (Wildman–Crippen LogP) is 0.0940. The summed E-state index contributed by atoms with van der Waals surface area (Å²) in [5, 5.41) is 0. The van der Waals surface area contributed by atoms with E-state index in [9.17, 15) is 13.2 Å². The van der Waals surface area contributed by atoms with Crippen molar-refractivity contribution in [3.8, 4) is 0 Å². The summed E-state index contributed by atoms with van der Waals surface area (Å²) in [7, 11) is -1.82. The molecule has 0 radical (unpaired) electrons. The Morgan fingerprint density at radius 2 is 2.16 bits per heavy atom. The molecule has 0 spiro atoms. The van der Waals surface area contributed by atoms with E-state index in [4.69, 9.17) is 5.73 Å². The van der Waals surface area contributed by atoms with Gasteiger partial charge < -0.3 is 15.0 Å². The van der Waals surface area contributed by atoms with Gasteiger partial charge in [0.15, 0.2) is 15.5 Å². The molecule has 0 aromatic carbocycles. The fourth-order valence-electron chi connectivity index (χ4n) is 2.65. The Bertz CT molecular complexity index is 635. The molecule has 106 valence electrons. The molecule has 2 heterocycles. The number of anilines is 1. The van der Waals surface area contributed by atoms with Crippen molar-refractivity contribution in [2.24, 2.45) is 0 Å². The molecule has 2 rings (SSSR count). The van der Waals surface area contributed by atoms with Gasteiger partial charge in [-0.25, -0.2) is 18.2 Å². The number of carbonyl (C=O) groups excluding carboxylic acids is 1. The van der Waals surface area contributed by atoms with E-state index in [0.29, 0.717) is 12.2 Å². The Morgan fingerprint density at radius 1 is 1.53 bits per heavy atom. The van der Waals surface area contributed by atoms with E-state index in [0.717, 1.165) is 0 Å². The topological polar surface area (TPSA) is 104 Å². The monoisotopic (exact) mass is 287 g/mol. The zero-order valence-electron chi connectivity index (χ0n) is 11.1. The first kappa shape index (κ1) is 13.9. The number of nitrogen functional groups attached to an aromatic ring is 1. The van der Waals surface area contributed by atoms with Crippen LogP contribution < -0.4 is 5.73 Å². The third-order valence-corrected chi connectivity index (χ3v) is 5.37. The lowest BCUT2D eigenvalue weighted by Crippen LogP contribution is -2.33. The number of sulfone groups is 1. The summed E-state index contributed by atoms with van der Waals surface area (Å²) in [5.41, 5.74) is 5.31. The summed E-state index contributed by atoms with van der Waals surface area (Å²) in [6, 6.07) is 0. The Kier molecular flexibility index (Phi) is 3.08. The van der Waals surface area contributed by atoms with Crippen LogP contribution in [-0.2, 0) is 20.1 Å². The Morgan fingerprint density at radius 3 is 2.63 bits per heavy atom. The van der Waals surface area contributed by atoms with E-state index in [2.05, 4.69) is 9.72 Å². The highest BCUT2D eigenvalue weighted by molar-refractivity contribution is 7.91. The van der Waals surface area contributed by atoms with E-state index in [1.165, 1.54) is 7.11 Å². The highest BCUT2D eigenvalue weighted by atomic mass is 32.2. The fourth-order valence-corrected chi connectivity index (χ4v) is 4.76. The summed E-state index contributed by atoms with van der Waals surface area (Å²) in [5.74, 6) is 0.168. The number of hydrogen-bond donors (Lipinski definition) is 1. The molecule has 0 amide bonds. The summed E-state index contributed by atoms with van der Waals surface area (Å²) in [6.45, 7) is 3.50. The van der Waals surface area contributed by atoms with Crippen LogP contribution in [0.15, 0.2) is 0 Å². The second-order valence-corrected chi connectivity index (χ2v) is 7.24. The van der Waals surface area contributed by atoms with Crippen LogP contribution in [0.5, 0.6) is 0 Å². The SMILES string of the molecule is COC(=O)c1nc(C)n(C2(C)CCS(=O)(=O)C2)c1N. The van der Waals surface area contributed by atoms with Crippen LogP contribution in [0.2, 0.25) is 0 Å². The molecule has 1 aliphatic heterocycles. The van der Waals surface area contributed by atoms with Crippen LogP contribution in [-0.4, -0.2) is 42.6 Å². The molecule has 1 aromatic heterocycles. The van der Waals surface area contributed by atoms with Gasteiger partial charge in [0.25, 0.3) is 0 Å². The molecular weight excluding hydrogens is 270 g/mol. The number of aromatic nitrogens is 2. The second kappa shape index (κ2) is 4.22. The lowest BCUT2D eigenvalue weighted by atomic mass is 10.0. The molecular formula is C11H17N3O4S. The summed E-state index contributed by atoms with van der Waals surface area (Å²) < 4.78 is 29.6. The third-order valence-electron chi connectivity index (χ3n) is 3.48. The smallest absolute Gasteiger partial charge is 0.360 e. The normalized spacial score (nSPS) is 25.4. The van der Waals surface area contributed by atoms with Gasteiger partial charge in [0, 0.05) is 0 Å². The third kappa shape index (κ3) is 2.20. The summed E-state index contributed by atoms with van der Waals surface area (Å²) in [4.78, 5) is 15.6. The van der Waals surface area contributed by atoms with Crippen molar-refractivity contribution in [1.29, 1.82) is 0 Å². The second-order valence-electron chi connectivity index (χ2n) is 5.06. The number of aryl methyl sites for hydroxylation is 1. The maximum Gasteiger partial charge on any atom is 0.360 e. The number of methoxy groups -OCH3 is 1. The average molecular weight is 287 g/mol.